The Balaban J connectivity index is 1.88. The van der Waals surface area contributed by atoms with Crippen LogP contribution in [-0.4, -0.2) is 28.8 Å². The van der Waals surface area contributed by atoms with Gasteiger partial charge in [-0.15, -0.1) is 0 Å². The van der Waals surface area contributed by atoms with E-state index in [-0.39, 0.29) is 17.9 Å². The SMILES string of the molecule is CC1CCC(N2C(=O)NC(=O)C3(CCCC3)C2=O)C(C)C1. The fraction of sp³-hybridized carbons (Fsp3) is 0.812. The number of amides is 4. The average Bonchev–Trinajstić information content (AvgIpc) is 2.90. The van der Waals surface area contributed by atoms with E-state index < -0.39 is 11.4 Å². The summed E-state index contributed by atoms with van der Waals surface area (Å²) in [6.45, 7) is 4.32. The third kappa shape index (κ3) is 2.17. The second-order valence-corrected chi connectivity index (χ2v) is 7.19. The van der Waals surface area contributed by atoms with Crippen molar-refractivity contribution in [3.8, 4) is 0 Å². The van der Waals surface area contributed by atoms with Gasteiger partial charge >= 0.3 is 6.03 Å². The van der Waals surface area contributed by atoms with Crippen LogP contribution in [0.15, 0.2) is 0 Å². The summed E-state index contributed by atoms with van der Waals surface area (Å²) in [5.74, 6) is 0.333. The minimum Gasteiger partial charge on any atom is -0.277 e. The van der Waals surface area contributed by atoms with Crippen molar-refractivity contribution in [1.29, 1.82) is 0 Å². The van der Waals surface area contributed by atoms with E-state index in [2.05, 4.69) is 19.2 Å². The highest BCUT2D eigenvalue weighted by Gasteiger charge is 2.56. The highest BCUT2D eigenvalue weighted by molar-refractivity contribution is 6.19. The molecule has 1 N–H and O–H groups in total. The van der Waals surface area contributed by atoms with Gasteiger partial charge < -0.3 is 0 Å². The average molecular weight is 292 g/mol. The lowest BCUT2D eigenvalue weighted by Crippen LogP contribution is -2.66. The largest absolute Gasteiger partial charge is 0.331 e. The van der Waals surface area contributed by atoms with Crippen LogP contribution in [-0.2, 0) is 9.59 Å². The van der Waals surface area contributed by atoms with E-state index in [1.54, 1.807) is 0 Å². The molecule has 0 radical (unpaired) electrons. The van der Waals surface area contributed by atoms with E-state index in [1.165, 1.54) is 4.90 Å². The monoisotopic (exact) mass is 292 g/mol. The summed E-state index contributed by atoms with van der Waals surface area (Å²) in [4.78, 5) is 38.8. The molecule has 1 aliphatic heterocycles. The van der Waals surface area contributed by atoms with Crippen LogP contribution in [0.25, 0.3) is 0 Å². The van der Waals surface area contributed by atoms with Crippen molar-refractivity contribution >= 4 is 17.8 Å². The zero-order valence-corrected chi connectivity index (χ0v) is 12.9. The second kappa shape index (κ2) is 5.11. The van der Waals surface area contributed by atoms with Gasteiger partial charge in [-0.1, -0.05) is 26.7 Å². The normalized spacial score (nSPS) is 36.2. The Morgan fingerprint density at radius 2 is 1.76 bits per heavy atom. The lowest BCUT2D eigenvalue weighted by atomic mass is 9.76. The summed E-state index contributed by atoms with van der Waals surface area (Å²) in [5, 5.41) is 2.45. The van der Waals surface area contributed by atoms with Gasteiger partial charge in [-0.3, -0.25) is 19.8 Å². The fourth-order valence-corrected chi connectivity index (χ4v) is 4.45. The van der Waals surface area contributed by atoms with Gasteiger partial charge in [-0.25, -0.2) is 4.79 Å². The van der Waals surface area contributed by atoms with Gasteiger partial charge in [-0.2, -0.15) is 0 Å². The van der Waals surface area contributed by atoms with Gasteiger partial charge in [-0.05, 0) is 43.9 Å². The van der Waals surface area contributed by atoms with E-state index in [0.717, 1.165) is 32.1 Å². The van der Waals surface area contributed by atoms with Crippen molar-refractivity contribution in [2.75, 3.05) is 0 Å². The predicted octanol–water partition coefficient (Wildman–Crippen LogP) is 2.45. The molecular formula is C16H24N2O3. The topological polar surface area (TPSA) is 66.5 Å². The van der Waals surface area contributed by atoms with E-state index in [4.69, 9.17) is 0 Å². The van der Waals surface area contributed by atoms with Crippen molar-refractivity contribution in [1.82, 2.24) is 10.2 Å². The molecular weight excluding hydrogens is 268 g/mol. The Labute approximate surface area is 125 Å². The Morgan fingerprint density at radius 1 is 1.10 bits per heavy atom. The first kappa shape index (κ1) is 14.5. The van der Waals surface area contributed by atoms with Crippen molar-refractivity contribution in [3.05, 3.63) is 0 Å². The molecule has 3 rings (SSSR count). The molecule has 21 heavy (non-hydrogen) atoms. The van der Waals surface area contributed by atoms with Crippen LogP contribution in [0.4, 0.5) is 4.79 Å². The Hall–Kier alpha value is -1.39. The number of rotatable bonds is 1. The van der Waals surface area contributed by atoms with Gasteiger partial charge in [0, 0.05) is 6.04 Å². The molecule has 0 aromatic heterocycles. The van der Waals surface area contributed by atoms with E-state index >= 15 is 0 Å². The van der Waals surface area contributed by atoms with E-state index in [1.807, 2.05) is 0 Å². The third-order valence-electron chi connectivity index (χ3n) is 5.68. The number of hydrogen-bond donors (Lipinski definition) is 1. The van der Waals surface area contributed by atoms with Gasteiger partial charge in [0.1, 0.15) is 5.41 Å². The molecule has 1 spiro atoms. The van der Waals surface area contributed by atoms with Crippen LogP contribution in [0.1, 0.15) is 58.8 Å². The van der Waals surface area contributed by atoms with Gasteiger partial charge in [0.05, 0.1) is 0 Å². The van der Waals surface area contributed by atoms with Crippen molar-refractivity contribution in [2.45, 2.75) is 64.8 Å². The smallest absolute Gasteiger partial charge is 0.277 e. The zero-order chi connectivity index (χ0) is 15.2. The number of imide groups is 2. The maximum Gasteiger partial charge on any atom is 0.331 e. The van der Waals surface area contributed by atoms with Crippen LogP contribution in [0, 0.1) is 17.3 Å². The fourth-order valence-electron chi connectivity index (χ4n) is 4.45. The number of nitrogens with one attached hydrogen (secondary N) is 1. The third-order valence-corrected chi connectivity index (χ3v) is 5.68. The van der Waals surface area contributed by atoms with Crippen LogP contribution in [0.2, 0.25) is 0 Å². The highest BCUT2D eigenvalue weighted by atomic mass is 16.2. The maximum absolute atomic E-state index is 12.9. The molecule has 1 saturated heterocycles. The molecule has 0 aromatic rings. The van der Waals surface area contributed by atoms with E-state index in [9.17, 15) is 14.4 Å². The number of hydrogen-bond acceptors (Lipinski definition) is 3. The van der Waals surface area contributed by atoms with Crippen molar-refractivity contribution in [2.24, 2.45) is 17.3 Å². The highest BCUT2D eigenvalue weighted by Crippen LogP contribution is 2.44. The van der Waals surface area contributed by atoms with Crippen molar-refractivity contribution < 1.29 is 14.4 Å². The molecule has 1 heterocycles. The summed E-state index contributed by atoms with van der Waals surface area (Å²) in [5.41, 5.74) is -0.962. The number of carbonyl (C=O) groups is 3. The molecule has 0 bridgehead atoms. The number of urea groups is 1. The van der Waals surface area contributed by atoms with Gasteiger partial charge in [0.25, 0.3) is 0 Å². The molecule has 0 aromatic carbocycles. The first-order valence-corrected chi connectivity index (χ1v) is 8.15. The second-order valence-electron chi connectivity index (χ2n) is 7.19. The molecule has 5 heteroatoms. The van der Waals surface area contributed by atoms with Gasteiger partial charge in [0.2, 0.25) is 11.8 Å². The summed E-state index contributed by atoms with van der Waals surface area (Å²) in [6, 6.07) is -0.562. The number of nitrogens with zero attached hydrogens (tertiary/aromatic N) is 1. The molecule has 3 fully saturated rings. The van der Waals surface area contributed by atoms with Crippen LogP contribution in [0.3, 0.4) is 0 Å². The number of barbiturate groups is 1. The summed E-state index contributed by atoms with van der Waals surface area (Å²) in [7, 11) is 0. The van der Waals surface area contributed by atoms with E-state index in [0.29, 0.717) is 24.7 Å². The Bertz CT molecular complexity index is 482. The standard InChI is InChI=1S/C16H24N2O3/c1-10-5-6-12(11(2)9-10)18-14(20)16(7-3-4-8-16)13(19)17-15(18)21/h10-12H,3-9H2,1-2H3,(H,17,19,21). The zero-order valence-electron chi connectivity index (χ0n) is 12.9. The van der Waals surface area contributed by atoms with Gasteiger partial charge in [0.15, 0.2) is 0 Å². The first-order chi connectivity index (χ1) is 9.95. The molecule has 3 unspecified atom stereocenters. The molecule has 3 aliphatic rings. The van der Waals surface area contributed by atoms with Crippen molar-refractivity contribution in [3.63, 3.8) is 0 Å². The maximum atomic E-state index is 12.9. The molecule has 116 valence electrons. The molecule has 2 aliphatic carbocycles. The first-order valence-electron chi connectivity index (χ1n) is 8.15. The lowest BCUT2D eigenvalue weighted by Gasteiger charge is -2.45. The minimum atomic E-state index is -0.962. The van der Waals surface area contributed by atoms with Crippen LogP contribution < -0.4 is 5.32 Å². The molecule has 2 saturated carbocycles. The lowest BCUT2D eigenvalue weighted by molar-refractivity contribution is -0.154. The Morgan fingerprint density at radius 3 is 2.38 bits per heavy atom. The molecule has 3 atom stereocenters. The molecule has 5 nitrogen and oxygen atoms in total. The number of carbonyl (C=O) groups excluding carboxylic acids is 3. The summed E-state index contributed by atoms with van der Waals surface area (Å²) < 4.78 is 0. The summed E-state index contributed by atoms with van der Waals surface area (Å²) in [6.07, 6.45) is 5.86. The van der Waals surface area contributed by atoms with Crippen LogP contribution >= 0.6 is 0 Å². The predicted molar refractivity (Wildman–Crippen MR) is 77.3 cm³/mol. The Kier molecular flexibility index (Phi) is 3.54. The summed E-state index contributed by atoms with van der Waals surface area (Å²) >= 11 is 0. The van der Waals surface area contributed by atoms with Crippen LogP contribution in [0.5, 0.6) is 0 Å². The minimum absolute atomic E-state index is 0.0562. The quantitative estimate of drug-likeness (QED) is 0.755. The molecule has 4 amide bonds.